The molecule has 0 saturated heterocycles. The van der Waals surface area contributed by atoms with Crippen molar-refractivity contribution in [1.29, 1.82) is 0 Å². The van der Waals surface area contributed by atoms with Crippen molar-refractivity contribution in [2.75, 3.05) is 0 Å². The standard InChI is InChI=1S/C18H21IO/c1-13(2)11-14-3-7-16(8-4-14)18(20)12-15-5-9-17(19)10-6-15/h3-10,13,18,20H,11-12H2,1-2H3. The largest absolute Gasteiger partial charge is 0.388 e. The van der Waals surface area contributed by atoms with Crippen LogP contribution in [0.2, 0.25) is 0 Å². The summed E-state index contributed by atoms with van der Waals surface area (Å²) in [6.45, 7) is 4.44. The number of halogens is 1. The molecule has 0 heterocycles. The Balaban J connectivity index is 2.01. The van der Waals surface area contributed by atoms with Gasteiger partial charge >= 0.3 is 0 Å². The Hall–Kier alpha value is -0.870. The highest BCUT2D eigenvalue weighted by atomic mass is 127. The van der Waals surface area contributed by atoms with E-state index in [1.807, 2.05) is 0 Å². The molecule has 0 aliphatic heterocycles. The van der Waals surface area contributed by atoms with Crippen LogP contribution in [-0.4, -0.2) is 5.11 Å². The lowest BCUT2D eigenvalue weighted by Gasteiger charge is -2.12. The average Bonchev–Trinajstić information content (AvgIpc) is 2.41. The van der Waals surface area contributed by atoms with Crippen LogP contribution in [0, 0.1) is 9.49 Å². The lowest BCUT2D eigenvalue weighted by Crippen LogP contribution is -2.02. The highest BCUT2D eigenvalue weighted by Gasteiger charge is 2.09. The molecule has 0 amide bonds. The maximum Gasteiger partial charge on any atom is 0.0830 e. The Kier molecular flexibility index (Phi) is 5.61. The van der Waals surface area contributed by atoms with Gasteiger partial charge < -0.3 is 5.11 Å². The van der Waals surface area contributed by atoms with Gasteiger partial charge in [0.05, 0.1) is 6.10 Å². The zero-order valence-corrected chi connectivity index (χ0v) is 14.2. The summed E-state index contributed by atoms with van der Waals surface area (Å²) < 4.78 is 1.22. The van der Waals surface area contributed by atoms with Crippen molar-refractivity contribution in [3.8, 4) is 0 Å². The van der Waals surface area contributed by atoms with Crippen molar-refractivity contribution >= 4 is 22.6 Å². The van der Waals surface area contributed by atoms with E-state index in [4.69, 9.17) is 0 Å². The van der Waals surface area contributed by atoms with E-state index in [-0.39, 0.29) is 0 Å². The van der Waals surface area contributed by atoms with Crippen LogP contribution in [0.4, 0.5) is 0 Å². The molecule has 0 aliphatic rings. The van der Waals surface area contributed by atoms with Crippen LogP contribution in [-0.2, 0) is 12.8 Å². The monoisotopic (exact) mass is 380 g/mol. The minimum absolute atomic E-state index is 0.428. The highest BCUT2D eigenvalue weighted by molar-refractivity contribution is 14.1. The van der Waals surface area contributed by atoms with Gasteiger partial charge in [0.25, 0.3) is 0 Å². The second kappa shape index (κ2) is 7.23. The normalized spacial score (nSPS) is 12.7. The molecule has 0 spiro atoms. The number of aliphatic hydroxyl groups excluding tert-OH is 1. The quantitative estimate of drug-likeness (QED) is 0.742. The Labute approximate surface area is 135 Å². The van der Waals surface area contributed by atoms with Crippen molar-refractivity contribution < 1.29 is 5.11 Å². The summed E-state index contributed by atoms with van der Waals surface area (Å²) in [6.07, 6.45) is 1.33. The SMILES string of the molecule is CC(C)Cc1ccc(C(O)Cc2ccc(I)cc2)cc1. The first-order valence-corrected chi connectivity index (χ1v) is 8.14. The van der Waals surface area contributed by atoms with E-state index in [1.165, 1.54) is 14.7 Å². The average molecular weight is 380 g/mol. The molecule has 106 valence electrons. The molecule has 2 heteroatoms. The van der Waals surface area contributed by atoms with Gasteiger partial charge in [0.1, 0.15) is 0 Å². The van der Waals surface area contributed by atoms with E-state index in [0.29, 0.717) is 12.3 Å². The van der Waals surface area contributed by atoms with Crippen LogP contribution in [0.25, 0.3) is 0 Å². The minimum atomic E-state index is -0.428. The first kappa shape index (κ1) is 15.5. The topological polar surface area (TPSA) is 20.2 Å². The van der Waals surface area contributed by atoms with Gasteiger partial charge in [-0.05, 0) is 63.8 Å². The first-order chi connectivity index (χ1) is 9.54. The second-order valence-corrected chi connectivity index (χ2v) is 6.93. The van der Waals surface area contributed by atoms with E-state index >= 15 is 0 Å². The predicted molar refractivity (Wildman–Crippen MR) is 92.8 cm³/mol. The molecule has 1 nitrogen and oxygen atoms in total. The molecule has 2 aromatic carbocycles. The Morgan fingerprint density at radius 1 is 0.850 bits per heavy atom. The van der Waals surface area contributed by atoms with Crippen molar-refractivity contribution in [3.05, 3.63) is 68.8 Å². The number of hydrogen-bond acceptors (Lipinski definition) is 1. The van der Waals surface area contributed by atoms with Crippen LogP contribution in [0.3, 0.4) is 0 Å². The molecule has 0 fully saturated rings. The maximum atomic E-state index is 10.3. The Morgan fingerprint density at radius 2 is 1.35 bits per heavy atom. The summed E-state index contributed by atoms with van der Waals surface area (Å²) in [5, 5.41) is 10.3. The van der Waals surface area contributed by atoms with Gasteiger partial charge in [-0.3, -0.25) is 0 Å². The molecule has 0 bridgehead atoms. The van der Waals surface area contributed by atoms with Crippen molar-refractivity contribution in [2.45, 2.75) is 32.8 Å². The lowest BCUT2D eigenvalue weighted by atomic mass is 9.98. The van der Waals surface area contributed by atoms with Gasteiger partial charge in [-0.1, -0.05) is 50.2 Å². The molecule has 1 N–H and O–H groups in total. The fraction of sp³-hybridized carbons (Fsp3) is 0.333. The van der Waals surface area contributed by atoms with Gasteiger partial charge in [0.2, 0.25) is 0 Å². The smallest absolute Gasteiger partial charge is 0.0830 e. The summed E-state index contributed by atoms with van der Waals surface area (Å²) in [5.74, 6) is 0.664. The molecule has 0 saturated carbocycles. The second-order valence-electron chi connectivity index (χ2n) is 5.69. The van der Waals surface area contributed by atoms with E-state index < -0.39 is 6.10 Å². The van der Waals surface area contributed by atoms with Crippen LogP contribution in [0.1, 0.15) is 36.6 Å². The van der Waals surface area contributed by atoms with Gasteiger partial charge in [-0.2, -0.15) is 0 Å². The fourth-order valence-electron chi connectivity index (χ4n) is 2.31. The molecule has 2 aromatic rings. The molecule has 1 atom stereocenters. The van der Waals surface area contributed by atoms with Crippen molar-refractivity contribution in [1.82, 2.24) is 0 Å². The summed E-state index contributed by atoms with van der Waals surface area (Å²) >= 11 is 2.29. The maximum absolute atomic E-state index is 10.3. The van der Waals surface area contributed by atoms with Crippen molar-refractivity contribution in [2.24, 2.45) is 5.92 Å². The molecular weight excluding hydrogens is 359 g/mol. The molecule has 0 aromatic heterocycles. The first-order valence-electron chi connectivity index (χ1n) is 7.06. The van der Waals surface area contributed by atoms with Gasteiger partial charge in [-0.15, -0.1) is 0 Å². The third-order valence-electron chi connectivity index (χ3n) is 3.35. The van der Waals surface area contributed by atoms with Gasteiger partial charge in [0, 0.05) is 9.99 Å². The van der Waals surface area contributed by atoms with E-state index in [0.717, 1.165) is 12.0 Å². The Morgan fingerprint density at radius 3 is 1.90 bits per heavy atom. The fourth-order valence-corrected chi connectivity index (χ4v) is 2.67. The van der Waals surface area contributed by atoms with Crippen LogP contribution >= 0.6 is 22.6 Å². The summed E-state index contributed by atoms with van der Waals surface area (Å²) in [5.41, 5.74) is 3.51. The van der Waals surface area contributed by atoms with E-state index in [2.05, 4.69) is 85.0 Å². The Bertz CT molecular complexity index is 528. The van der Waals surface area contributed by atoms with Crippen molar-refractivity contribution in [3.63, 3.8) is 0 Å². The zero-order valence-electron chi connectivity index (χ0n) is 12.0. The van der Waals surface area contributed by atoms with E-state index in [9.17, 15) is 5.11 Å². The zero-order chi connectivity index (χ0) is 14.5. The molecule has 0 radical (unpaired) electrons. The molecular formula is C18H21IO. The number of aliphatic hydroxyl groups is 1. The summed E-state index contributed by atoms with van der Waals surface area (Å²) in [7, 11) is 0. The van der Waals surface area contributed by atoms with Gasteiger partial charge in [0.15, 0.2) is 0 Å². The number of rotatable bonds is 5. The summed E-state index contributed by atoms with van der Waals surface area (Å²) in [6, 6.07) is 16.7. The predicted octanol–water partition coefficient (Wildman–Crippen LogP) is 4.77. The summed E-state index contributed by atoms with van der Waals surface area (Å²) in [4.78, 5) is 0. The molecule has 1 unspecified atom stereocenters. The molecule has 0 aliphatic carbocycles. The van der Waals surface area contributed by atoms with E-state index in [1.54, 1.807) is 0 Å². The minimum Gasteiger partial charge on any atom is -0.388 e. The van der Waals surface area contributed by atoms with Gasteiger partial charge in [-0.25, -0.2) is 0 Å². The number of benzene rings is 2. The van der Waals surface area contributed by atoms with Crippen LogP contribution in [0.5, 0.6) is 0 Å². The third kappa shape index (κ3) is 4.60. The van der Waals surface area contributed by atoms with Crippen LogP contribution < -0.4 is 0 Å². The van der Waals surface area contributed by atoms with Crippen LogP contribution in [0.15, 0.2) is 48.5 Å². The lowest BCUT2D eigenvalue weighted by molar-refractivity contribution is 0.178. The third-order valence-corrected chi connectivity index (χ3v) is 4.07. The number of hydrogen-bond donors (Lipinski definition) is 1. The highest BCUT2D eigenvalue weighted by Crippen LogP contribution is 2.20. The molecule has 2 rings (SSSR count). The molecule has 20 heavy (non-hydrogen) atoms.